The van der Waals surface area contributed by atoms with Crippen LogP contribution in [0.4, 0.5) is 0 Å². The summed E-state index contributed by atoms with van der Waals surface area (Å²) in [5.41, 5.74) is 1.23. The third-order valence-electron chi connectivity index (χ3n) is 5.08. The van der Waals surface area contributed by atoms with Crippen LogP contribution in [-0.2, 0) is 6.54 Å². The molecule has 2 aromatic rings. The Hall–Kier alpha value is -1.20. The first-order valence-corrected chi connectivity index (χ1v) is 8.70. The van der Waals surface area contributed by atoms with Gasteiger partial charge in [0.15, 0.2) is 0 Å². The molecule has 0 radical (unpaired) electrons. The van der Waals surface area contributed by atoms with Gasteiger partial charge in [0.1, 0.15) is 0 Å². The molecule has 2 unspecified atom stereocenters. The molecule has 0 N–H and O–H groups in total. The highest BCUT2D eigenvalue weighted by Gasteiger charge is 2.41. The summed E-state index contributed by atoms with van der Waals surface area (Å²) in [4.78, 5) is 8.78. The van der Waals surface area contributed by atoms with Gasteiger partial charge in [0.25, 0.3) is 0 Å². The Morgan fingerprint density at radius 2 is 1.95 bits per heavy atom. The smallest absolute Gasteiger partial charge is 0.0900 e. The summed E-state index contributed by atoms with van der Waals surface area (Å²) in [6, 6.07) is 4.08. The predicted octanol–water partition coefficient (Wildman–Crippen LogP) is 3.32. The summed E-state index contributed by atoms with van der Waals surface area (Å²) in [6.07, 6.45) is 9.21. The molecule has 5 heteroatoms. The zero-order valence-electron chi connectivity index (χ0n) is 12.7. The van der Waals surface area contributed by atoms with Crippen LogP contribution in [-0.4, -0.2) is 31.7 Å². The molecule has 2 atom stereocenters. The third-order valence-corrected chi connectivity index (χ3v) is 6.14. The predicted molar refractivity (Wildman–Crippen MR) is 84.4 cm³/mol. The van der Waals surface area contributed by atoms with Gasteiger partial charge in [0.2, 0.25) is 0 Å². The fourth-order valence-electron chi connectivity index (χ4n) is 4.10. The maximum absolute atomic E-state index is 4.58. The molecule has 2 aromatic heterocycles. The van der Waals surface area contributed by atoms with E-state index in [1.54, 1.807) is 0 Å². The van der Waals surface area contributed by atoms with Gasteiger partial charge in [-0.05, 0) is 45.6 Å². The topological polar surface area (TPSA) is 34.0 Å². The second kappa shape index (κ2) is 5.21. The van der Waals surface area contributed by atoms with Gasteiger partial charge in [-0.3, -0.25) is 9.58 Å². The Labute approximate surface area is 129 Å². The lowest BCUT2D eigenvalue weighted by Crippen LogP contribution is -2.42. The molecular weight excluding hydrogens is 280 g/mol. The number of hydrogen-bond donors (Lipinski definition) is 0. The fraction of sp³-hybridized carbons (Fsp3) is 0.625. The van der Waals surface area contributed by atoms with Crippen LogP contribution < -0.4 is 0 Å². The van der Waals surface area contributed by atoms with Gasteiger partial charge in [-0.15, -0.1) is 11.3 Å². The van der Waals surface area contributed by atoms with Gasteiger partial charge in [-0.25, -0.2) is 4.98 Å². The lowest BCUT2D eigenvalue weighted by atomic mass is 9.97. The van der Waals surface area contributed by atoms with Crippen LogP contribution in [0.2, 0.25) is 0 Å². The maximum Gasteiger partial charge on any atom is 0.0900 e. The van der Waals surface area contributed by atoms with E-state index in [9.17, 15) is 0 Å². The maximum atomic E-state index is 4.58. The number of nitrogens with zero attached hydrogens (tertiary/aromatic N) is 4. The van der Waals surface area contributed by atoms with Crippen LogP contribution in [0.3, 0.4) is 0 Å². The van der Waals surface area contributed by atoms with Gasteiger partial charge >= 0.3 is 0 Å². The molecule has 0 spiro atoms. The van der Waals surface area contributed by atoms with E-state index < -0.39 is 0 Å². The summed E-state index contributed by atoms with van der Waals surface area (Å²) >= 11 is 1.87. The molecule has 2 saturated heterocycles. The van der Waals surface area contributed by atoms with E-state index in [4.69, 9.17) is 0 Å². The molecule has 4 nitrogen and oxygen atoms in total. The molecule has 4 heterocycles. The molecule has 0 aliphatic carbocycles. The summed E-state index contributed by atoms with van der Waals surface area (Å²) < 4.78 is 2.17. The number of rotatable bonds is 3. The SMILES string of the molecule is Cc1nc(C)c(CN2C3CCC2CC(n2cccn2)C3)s1. The Kier molecular flexibility index (Phi) is 3.34. The van der Waals surface area contributed by atoms with E-state index >= 15 is 0 Å². The lowest BCUT2D eigenvalue weighted by molar-refractivity contribution is 0.0959. The van der Waals surface area contributed by atoms with Crippen molar-refractivity contribution in [3.8, 4) is 0 Å². The zero-order chi connectivity index (χ0) is 14.4. The van der Waals surface area contributed by atoms with Crippen molar-refractivity contribution in [2.24, 2.45) is 0 Å². The first kappa shape index (κ1) is 13.5. The quantitative estimate of drug-likeness (QED) is 0.872. The highest BCUT2D eigenvalue weighted by Crippen LogP contribution is 2.41. The number of fused-ring (bicyclic) bond motifs is 2. The molecule has 0 aromatic carbocycles. The molecule has 2 aliphatic heterocycles. The first-order valence-electron chi connectivity index (χ1n) is 7.88. The van der Waals surface area contributed by atoms with E-state index in [1.165, 1.54) is 41.3 Å². The molecule has 4 rings (SSSR count). The molecule has 2 aliphatic rings. The molecule has 21 heavy (non-hydrogen) atoms. The van der Waals surface area contributed by atoms with Crippen LogP contribution in [0, 0.1) is 13.8 Å². The van der Waals surface area contributed by atoms with Crippen LogP contribution >= 0.6 is 11.3 Å². The van der Waals surface area contributed by atoms with Gasteiger partial charge in [0.05, 0.1) is 16.7 Å². The van der Waals surface area contributed by atoms with E-state index in [0.29, 0.717) is 6.04 Å². The average molecular weight is 302 g/mol. The Morgan fingerprint density at radius 1 is 1.19 bits per heavy atom. The molecule has 2 fully saturated rings. The van der Waals surface area contributed by atoms with Gasteiger partial charge in [-0.1, -0.05) is 0 Å². The largest absolute Gasteiger partial charge is 0.292 e. The van der Waals surface area contributed by atoms with E-state index in [2.05, 4.69) is 39.7 Å². The van der Waals surface area contributed by atoms with Crippen LogP contribution in [0.1, 0.15) is 47.3 Å². The van der Waals surface area contributed by atoms with E-state index in [1.807, 2.05) is 23.6 Å². The van der Waals surface area contributed by atoms with Crippen molar-refractivity contribution in [2.75, 3.05) is 0 Å². The highest BCUT2D eigenvalue weighted by atomic mass is 32.1. The Balaban J connectivity index is 1.50. The molecule has 112 valence electrons. The number of thiazole rings is 1. The summed E-state index contributed by atoms with van der Waals surface area (Å²) in [5.74, 6) is 0. The van der Waals surface area contributed by atoms with E-state index in [-0.39, 0.29) is 0 Å². The van der Waals surface area contributed by atoms with Crippen molar-refractivity contribution in [1.82, 2.24) is 19.7 Å². The lowest BCUT2D eigenvalue weighted by Gasteiger charge is -2.38. The van der Waals surface area contributed by atoms with Gasteiger partial charge in [-0.2, -0.15) is 5.10 Å². The van der Waals surface area contributed by atoms with Crippen molar-refractivity contribution in [3.05, 3.63) is 34.0 Å². The number of aryl methyl sites for hydroxylation is 2. The van der Waals surface area contributed by atoms with Crippen molar-refractivity contribution in [3.63, 3.8) is 0 Å². The Morgan fingerprint density at radius 3 is 2.52 bits per heavy atom. The molecule has 2 bridgehead atoms. The monoisotopic (exact) mass is 302 g/mol. The fourth-order valence-corrected chi connectivity index (χ4v) is 5.05. The first-order chi connectivity index (χ1) is 10.2. The molecule has 0 saturated carbocycles. The van der Waals surface area contributed by atoms with Crippen molar-refractivity contribution in [1.29, 1.82) is 0 Å². The van der Waals surface area contributed by atoms with Gasteiger partial charge in [0, 0.05) is 35.9 Å². The molecular formula is C16H22N4S. The van der Waals surface area contributed by atoms with Crippen molar-refractivity contribution >= 4 is 11.3 Å². The van der Waals surface area contributed by atoms with Crippen LogP contribution in [0.25, 0.3) is 0 Å². The highest BCUT2D eigenvalue weighted by molar-refractivity contribution is 7.11. The number of aromatic nitrogens is 3. The molecule has 0 amide bonds. The Bertz CT molecular complexity index is 604. The zero-order valence-corrected chi connectivity index (χ0v) is 13.5. The second-order valence-electron chi connectivity index (χ2n) is 6.41. The van der Waals surface area contributed by atoms with Crippen molar-refractivity contribution < 1.29 is 0 Å². The second-order valence-corrected chi connectivity index (χ2v) is 7.70. The summed E-state index contributed by atoms with van der Waals surface area (Å²) in [7, 11) is 0. The van der Waals surface area contributed by atoms with Crippen LogP contribution in [0.15, 0.2) is 18.5 Å². The van der Waals surface area contributed by atoms with Crippen molar-refractivity contribution in [2.45, 2.75) is 64.2 Å². The number of hydrogen-bond acceptors (Lipinski definition) is 4. The standard InChI is InChI=1S/C16H22N4S/c1-11-16(21-12(2)18-11)10-19-13-4-5-14(19)9-15(8-13)20-7-3-6-17-20/h3,6-7,13-15H,4-5,8-10H2,1-2H3. The number of piperidine rings is 1. The average Bonchev–Trinajstić information content (AvgIpc) is 3.13. The minimum atomic E-state index is 0.595. The summed E-state index contributed by atoms with van der Waals surface area (Å²) in [5, 5.41) is 5.65. The summed E-state index contributed by atoms with van der Waals surface area (Å²) in [6.45, 7) is 5.36. The third kappa shape index (κ3) is 2.42. The van der Waals surface area contributed by atoms with Gasteiger partial charge < -0.3 is 0 Å². The minimum absolute atomic E-state index is 0.595. The van der Waals surface area contributed by atoms with E-state index in [0.717, 1.165) is 18.6 Å². The minimum Gasteiger partial charge on any atom is -0.292 e. The van der Waals surface area contributed by atoms with Crippen LogP contribution in [0.5, 0.6) is 0 Å². The normalized spacial score (nSPS) is 29.1.